The summed E-state index contributed by atoms with van der Waals surface area (Å²) in [5, 5.41) is 12.8. The fraction of sp³-hybridized carbons (Fsp3) is 0.208. The van der Waals surface area contributed by atoms with Gasteiger partial charge in [0.05, 0.1) is 4.75 Å². The van der Waals surface area contributed by atoms with E-state index < -0.39 is 16.8 Å². The average Bonchev–Trinajstić information content (AvgIpc) is 3.23. The van der Waals surface area contributed by atoms with E-state index in [1.54, 1.807) is 0 Å². The first kappa shape index (κ1) is 18.8. The fourth-order valence-electron chi connectivity index (χ4n) is 3.95. The summed E-state index contributed by atoms with van der Waals surface area (Å²) in [5.41, 5.74) is 3.61. The number of rotatable bonds is 6. The molecular weight excluding hydrogens is 366 g/mol. The van der Waals surface area contributed by atoms with Crippen molar-refractivity contribution >= 4 is 17.7 Å². The number of nitrogens with one attached hydrogen (secondary N) is 1. The van der Waals surface area contributed by atoms with Crippen LogP contribution < -0.4 is 5.32 Å². The summed E-state index contributed by atoms with van der Waals surface area (Å²) in [6, 6.07) is 31.1. The van der Waals surface area contributed by atoms with Crippen LogP contribution in [0.3, 0.4) is 0 Å². The Morgan fingerprint density at radius 3 is 1.61 bits per heavy atom. The maximum atomic E-state index is 11.5. The maximum Gasteiger partial charge on any atom is 0.320 e. The number of thioether (sulfide) groups is 1. The van der Waals surface area contributed by atoms with Crippen LogP contribution in [0.15, 0.2) is 91.0 Å². The lowest BCUT2D eigenvalue weighted by Gasteiger charge is -2.37. The van der Waals surface area contributed by atoms with Gasteiger partial charge in [-0.3, -0.25) is 4.79 Å². The number of aliphatic carboxylic acids is 1. The van der Waals surface area contributed by atoms with E-state index in [2.05, 4.69) is 78.1 Å². The quantitative estimate of drug-likeness (QED) is 0.608. The summed E-state index contributed by atoms with van der Waals surface area (Å²) < 4.78 is -0.399. The molecule has 0 unspecified atom stereocenters. The van der Waals surface area contributed by atoms with Gasteiger partial charge in [-0.15, -0.1) is 11.8 Å². The molecule has 0 aromatic heterocycles. The van der Waals surface area contributed by atoms with Gasteiger partial charge in [-0.2, -0.15) is 0 Å². The van der Waals surface area contributed by atoms with Gasteiger partial charge in [0, 0.05) is 11.8 Å². The van der Waals surface area contributed by atoms with Crippen LogP contribution in [-0.4, -0.2) is 28.9 Å². The number of carboxylic acids is 1. The minimum absolute atomic E-state index is 0.196. The minimum Gasteiger partial charge on any atom is -0.480 e. The highest BCUT2D eigenvalue weighted by atomic mass is 32.2. The van der Waals surface area contributed by atoms with E-state index in [9.17, 15) is 9.90 Å². The Kier molecular flexibility index (Phi) is 5.51. The lowest BCUT2D eigenvalue weighted by atomic mass is 9.84. The van der Waals surface area contributed by atoms with Crippen molar-refractivity contribution < 1.29 is 9.90 Å². The lowest BCUT2D eigenvalue weighted by Crippen LogP contribution is -2.30. The van der Waals surface area contributed by atoms with Gasteiger partial charge >= 0.3 is 5.97 Å². The van der Waals surface area contributed by atoms with Gasteiger partial charge < -0.3 is 10.4 Å². The topological polar surface area (TPSA) is 49.3 Å². The van der Waals surface area contributed by atoms with Crippen molar-refractivity contribution in [2.24, 2.45) is 0 Å². The van der Waals surface area contributed by atoms with Gasteiger partial charge in [0.25, 0.3) is 0 Å². The van der Waals surface area contributed by atoms with Gasteiger partial charge in [-0.05, 0) is 23.1 Å². The first-order valence-corrected chi connectivity index (χ1v) is 10.4. The number of carbonyl (C=O) groups is 1. The smallest absolute Gasteiger partial charge is 0.320 e. The SMILES string of the molecule is O=C(O)[C@@H]1C[C@@H](SC(c2ccccc2)(c2ccccc2)c2ccccc2)CN1. The molecule has 3 aromatic carbocycles. The fourth-order valence-corrected chi connectivity index (χ4v) is 5.74. The van der Waals surface area contributed by atoms with E-state index in [1.807, 2.05) is 30.0 Å². The first-order valence-electron chi connectivity index (χ1n) is 9.51. The number of hydrogen-bond donors (Lipinski definition) is 2. The molecule has 1 aliphatic heterocycles. The zero-order valence-electron chi connectivity index (χ0n) is 15.5. The minimum atomic E-state index is -0.771. The van der Waals surface area contributed by atoms with Crippen molar-refractivity contribution in [2.75, 3.05) is 6.54 Å². The second-order valence-electron chi connectivity index (χ2n) is 7.05. The van der Waals surface area contributed by atoms with Crippen LogP contribution in [0.1, 0.15) is 23.1 Å². The third kappa shape index (κ3) is 3.58. The molecule has 1 aliphatic rings. The Labute approximate surface area is 169 Å². The molecule has 1 saturated heterocycles. The van der Waals surface area contributed by atoms with E-state index in [-0.39, 0.29) is 5.25 Å². The maximum absolute atomic E-state index is 11.5. The lowest BCUT2D eigenvalue weighted by molar-refractivity contribution is -0.139. The van der Waals surface area contributed by atoms with E-state index in [1.165, 1.54) is 16.7 Å². The predicted molar refractivity (Wildman–Crippen MR) is 115 cm³/mol. The zero-order valence-corrected chi connectivity index (χ0v) is 16.3. The molecular formula is C24H23NO2S. The van der Waals surface area contributed by atoms with E-state index in [0.29, 0.717) is 13.0 Å². The molecule has 0 spiro atoms. The van der Waals surface area contributed by atoms with Crippen LogP contribution >= 0.6 is 11.8 Å². The zero-order chi connectivity index (χ0) is 19.4. The molecule has 2 atom stereocenters. The summed E-state index contributed by atoms with van der Waals surface area (Å²) in [4.78, 5) is 11.5. The molecule has 0 radical (unpaired) electrons. The Morgan fingerprint density at radius 1 is 0.821 bits per heavy atom. The highest BCUT2D eigenvalue weighted by Crippen LogP contribution is 2.51. The monoisotopic (exact) mass is 389 g/mol. The largest absolute Gasteiger partial charge is 0.480 e. The van der Waals surface area contributed by atoms with Gasteiger partial charge in [-0.25, -0.2) is 0 Å². The molecule has 4 rings (SSSR count). The van der Waals surface area contributed by atoms with Gasteiger partial charge in [0.1, 0.15) is 6.04 Å². The van der Waals surface area contributed by atoms with Crippen LogP contribution in [-0.2, 0) is 9.54 Å². The molecule has 2 N–H and O–H groups in total. The third-order valence-corrected chi connectivity index (χ3v) is 7.03. The van der Waals surface area contributed by atoms with Crippen molar-refractivity contribution in [3.8, 4) is 0 Å². The van der Waals surface area contributed by atoms with E-state index in [0.717, 1.165) is 0 Å². The number of carboxylic acid groups (broad SMARTS) is 1. The van der Waals surface area contributed by atoms with Crippen LogP contribution in [0, 0.1) is 0 Å². The van der Waals surface area contributed by atoms with Crippen molar-refractivity contribution in [3.05, 3.63) is 108 Å². The van der Waals surface area contributed by atoms with Crippen LogP contribution in [0.5, 0.6) is 0 Å². The van der Waals surface area contributed by atoms with Crippen molar-refractivity contribution in [2.45, 2.75) is 22.5 Å². The molecule has 3 nitrogen and oxygen atoms in total. The Balaban J connectivity index is 1.85. The first-order chi connectivity index (χ1) is 13.7. The second kappa shape index (κ2) is 8.21. The molecule has 28 heavy (non-hydrogen) atoms. The van der Waals surface area contributed by atoms with Gasteiger partial charge in [0.15, 0.2) is 0 Å². The molecule has 4 heteroatoms. The molecule has 0 bridgehead atoms. The molecule has 0 saturated carbocycles. The Hall–Kier alpha value is -2.56. The van der Waals surface area contributed by atoms with Crippen LogP contribution in [0.2, 0.25) is 0 Å². The summed E-state index contributed by atoms with van der Waals surface area (Å²) in [6.07, 6.45) is 0.619. The number of hydrogen-bond acceptors (Lipinski definition) is 3. The average molecular weight is 390 g/mol. The second-order valence-corrected chi connectivity index (χ2v) is 8.57. The van der Waals surface area contributed by atoms with Crippen LogP contribution in [0.4, 0.5) is 0 Å². The molecule has 0 amide bonds. The predicted octanol–water partition coefficient (Wildman–Crippen LogP) is 4.53. The van der Waals surface area contributed by atoms with Crippen molar-refractivity contribution in [3.63, 3.8) is 0 Å². The molecule has 1 fully saturated rings. The summed E-state index contributed by atoms with van der Waals surface area (Å²) in [7, 11) is 0. The van der Waals surface area contributed by atoms with Gasteiger partial charge in [0.2, 0.25) is 0 Å². The highest BCUT2D eigenvalue weighted by Gasteiger charge is 2.42. The summed E-state index contributed by atoms with van der Waals surface area (Å²) in [6.45, 7) is 0.690. The Bertz CT molecular complexity index is 818. The van der Waals surface area contributed by atoms with Gasteiger partial charge in [-0.1, -0.05) is 91.0 Å². The normalized spacial score (nSPS) is 19.4. The molecule has 3 aromatic rings. The standard InChI is InChI=1S/C24H23NO2S/c26-23(27)22-16-21(17-25-22)28-24(18-10-4-1-5-11-18,19-12-6-2-7-13-19)20-14-8-3-9-15-20/h1-15,21-22,25H,16-17H2,(H,26,27)/t21-,22+/m1/s1. The third-order valence-electron chi connectivity index (χ3n) is 5.27. The van der Waals surface area contributed by atoms with Crippen molar-refractivity contribution in [1.29, 1.82) is 0 Å². The molecule has 142 valence electrons. The van der Waals surface area contributed by atoms with Crippen molar-refractivity contribution in [1.82, 2.24) is 5.32 Å². The van der Waals surface area contributed by atoms with E-state index >= 15 is 0 Å². The van der Waals surface area contributed by atoms with Crippen LogP contribution in [0.25, 0.3) is 0 Å². The number of benzene rings is 3. The molecule has 0 aliphatic carbocycles. The molecule has 1 heterocycles. The summed E-state index contributed by atoms with van der Waals surface area (Å²) >= 11 is 1.85. The highest BCUT2D eigenvalue weighted by molar-refractivity contribution is 8.01. The van der Waals surface area contributed by atoms with E-state index in [4.69, 9.17) is 0 Å². The Morgan fingerprint density at radius 2 is 1.25 bits per heavy atom. The summed E-state index contributed by atoms with van der Waals surface area (Å²) in [5.74, 6) is -0.771.